The molecule has 2 fully saturated rings. The fourth-order valence-corrected chi connectivity index (χ4v) is 4.32. The number of nitrogens with zero attached hydrogens (tertiary/aromatic N) is 6. The Morgan fingerprint density at radius 2 is 1.71 bits per heavy atom. The number of fused-ring (bicyclic) bond motifs is 1. The molecule has 170 valence electrons. The van der Waals surface area contributed by atoms with Gasteiger partial charge in [-0.3, -0.25) is 0 Å². The molecular formula is C23H36N6O2. The van der Waals surface area contributed by atoms with Crippen molar-refractivity contribution in [2.24, 2.45) is 0 Å². The van der Waals surface area contributed by atoms with Crippen LogP contribution in [0.1, 0.15) is 19.3 Å². The van der Waals surface area contributed by atoms with Gasteiger partial charge in [-0.15, -0.1) is 0 Å². The van der Waals surface area contributed by atoms with Crippen molar-refractivity contribution in [2.45, 2.75) is 19.3 Å². The highest BCUT2D eigenvalue weighted by atomic mass is 16.5. The lowest BCUT2D eigenvalue weighted by molar-refractivity contribution is 0.254. The van der Waals surface area contributed by atoms with Gasteiger partial charge in [-0.25, -0.2) is 4.98 Å². The van der Waals surface area contributed by atoms with Crippen molar-refractivity contribution >= 4 is 22.7 Å². The molecule has 4 rings (SSSR count). The molecule has 0 N–H and O–H groups in total. The van der Waals surface area contributed by atoms with E-state index in [4.69, 9.17) is 19.4 Å². The third-order valence-electron chi connectivity index (χ3n) is 6.23. The highest BCUT2D eigenvalue weighted by Gasteiger charge is 2.21. The predicted molar refractivity (Wildman–Crippen MR) is 126 cm³/mol. The quantitative estimate of drug-likeness (QED) is 0.594. The molecule has 1 aromatic heterocycles. The summed E-state index contributed by atoms with van der Waals surface area (Å²) in [5.41, 5.74) is 0.892. The fraction of sp³-hybridized carbons (Fsp3) is 0.652. The van der Waals surface area contributed by atoms with Crippen LogP contribution in [0, 0.1) is 0 Å². The van der Waals surface area contributed by atoms with Gasteiger partial charge < -0.3 is 29.1 Å². The molecule has 0 atom stereocenters. The van der Waals surface area contributed by atoms with E-state index >= 15 is 0 Å². The largest absolute Gasteiger partial charge is 0.493 e. The van der Waals surface area contributed by atoms with Gasteiger partial charge in [0, 0.05) is 58.3 Å². The standard InChI is InChI=1S/C23H36N6O2/c1-26(2)23-24-19-17-21(31-15-7-10-28-8-5-6-9-28)20(30-4)16-18(19)22(25-23)29-13-11-27(3)12-14-29/h16-17H,5-15H2,1-4H3. The number of aromatic nitrogens is 2. The maximum absolute atomic E-state index is 6.15. The predicted octanol–water partition coefficient (Wildman–Crippen LogP) is 2.32. The number of hydrogen-bond acceptors (Lipinski definition) is 8. The lowest BCUT2D eigenvalue weighted by Crippen LogP contribution is -2.45. The summed E-state index contributed by atoms with van der Waals surface area (Å²) >= 11 is 0. The summed E-state index contributed by atoms with van der Waals surface area (Å²) < 4.78 is 11.8. The highest BCUT2D eigenvalue weighted by Crippen LogP contribution is 2.36. The van der Waals surface area contributed by atoms with Crippen molar-refractivity contribution in [1.82, 2.24) is 19.8 Å². The number of benzene rings is 1. The van der Waals surface area contributed by atoms with E-state index in [-0.39, 0.29) is 0 Å². The van der Waals surface area contributed by atoms with Crippen LogP contribution in [0.4, 0.5) is 11.8 Å². The van der Waals surface area contributed by atoms with Crippen molar-refractivity contribution in [1.29, 1.82) is 0 Å². The van der Waals surface area contributed by atoms with Gasteiger partial charge in [-0.2, -0.15) is 4.98 Å². The Hall–Kier alpha value is -2.32. The first kappa shape index (κ1) is 21.9. The molecule has 2 aromatic rings. The monoisotopic (exact) mass is 428 g/mol. The van der Waals surface area contributed by atoms with E-state index in [2.05, 4.69) is 21.7 Å². The molecule has 0 unspecified atom stereocenters. The summed E-state index contributed by atoms with van der Waals surface area (Å²) in [5, 5.41) is 1.01. The van der Waals surface area contributed by atoms with Crippen LogP contribution in [0.3, 0.4) is 0 Å². The summed E-state index contributed by atoms with van der Waals surface area (Å²) in [5.74, 6) is 3.18. The Morgan fingerprint density at radius 3 is 2.39 bits per heavy atom. The first-order valence-corrected chi connectivity index (χ1v) is 11.4. The number of likely N-dealkylation sites (tertiary alicyclic amines) is 1. The van der Waals surface area contributed by atoms with E-state index in [1.807, 2.05) is 31.1 Å². The summed E-state index contributed by atoms with van der Waals surface area (Å²) in [6.07, 6.45) is 3.66. The molecule has 0 spiro atoms. The van der Waals surface area contributed by atoms with E-state index in [9.17, 15) is 0 Å². The minimum Gasteiger partial charge on any atom is -0.493 e. The molecule has 2 aliphatic heterocycles. The number of piperazine rings is 1. The van der Waals surface area contributed by atoms with Gasteiger partial charge in [-0.1, -0.05) is 0 Å². The number of rotatable bonds is 8. The zero-order valence-corrected chi connectivity index (χ0v) is 19.4. The second kappa shape index (κ2) is 9.87. The van der Waals surface area contributed by atoms with E-state index in [1.165, 1.54) is 25.9 Å². The molecule has 0 amide bonds. The number of hydrogen-bond donors (Lipinski definition) is 0. The van der Waals surface area contributed by atoms with Crippen molar-refractivity contribution in [3.63, 3.8) is 0 Å². The van der Waals surface area contributed by atoms with Gasteiger partial charge in [0.2, 0.25) is 5.95 Å². The minimum atomic E-state index is 0.676. The zero-order chi connectivity index (χ0) is 21.8. The fourth-order valence-electron chi connectivity index (χ4n) is 4.32. The molecule has 8 heteroatoms. The number of ether oxygens (including phenoxy) is 2. The summed E-state index contributed by atoms with van der Waals surface area (Å²) in [6, 6.07) is 4.05. The lowest BCUT2D eigenvalue weighted by atomic mass is 10.2. The molecule has 0 radical (unpaired) electrons. The van der Waals surface area contributed by atoms with E-state index in [0.29, 0.717) is 12.6 Å². The topological polar surface area (TPSA) is 57.2 Å². The van der Waals surface area contributed by atoms with Crippen LogP contribution in [0.15, 0.2) is 12.1 Å². The van der Waals surface area contributed by atoms with Crippen LogP contribution in [0.2, 0.25) is 0 Å². The van der Waals surface area contributed by atoms with Crippen LogP contribution in [0.25, 0.3) is 10.9 Å². The zero-order valence-electron chi connectivity index (χ0n) is 19.4. The van der Waals surface area contributed by atoms with Gasteiger partial charge in [0.1, 0.15) is 5.82 Å². The Morgan fingerprint density at radius 1 is 0.968 bits per heavy atom. The Balaban J connectivity index is 1.59. The number of likely N-dealkylation sites (N-methyl/N-ethyl adjacent to an activating group) is 1. The Labute approximate surface area is 185 Å². The van der Waals surface area contributed by atoms with Gasteiger partial charge in [0.15, 0.2) is 11.5 Å². The molecule has 8 nitrogen and oxygen atoms in total. The first-order chi connectivity index (χ1) is 15.0. The maximum atomic E-state index is 6.15. The average molecular weight is 429 g/mol. The van der Waals surface area contributed by atoms with Crippen molar-refractivity contribution in [2.75, 3.05) is 90.5 Å². The SMILES string of the molecule is COc1cc2c(N3CCN(C)CC3)nc(N(C)C)nc2cc1OCCCN1CCCC1. The van der Waals surface area contributed by atoms with E-state index in [1.54, 1.807) is 7.11 Å². The van der Waals surface area contributed by atoms with Crippen LogP contribution in [-0.2, 0) is 0 Å². The maximum Gasteiger partial charge on any atom is 0.227 e. The van der Waals surface area contributed by atoms with Gasteiger partial charge in [0.25, 0.3) is 0 Å². The van der Waals surface area contributed by atoms with Crippen LogP contribution < -0.4 is 19.3 Å². The second-order valence-electron chi connectivity index (χ2n) is 8.80. The number of anilines is 2. The Bertz CT molecular complexity index is 876. The molecule has 0 aliphatic carbocycles. The molecule has 2 saturated heterocycles. The molecule has 2 aliphatic rings. The third-order valence-corrected chi connectivity index (χ3v) is 6.23. The lowest BCUT2D eigenvalue weighted by Gasteiger charge is -2.34. The van der Waals surface area contributed by atoms with Crippen LogP contribution in [-0.4, -0.2) is 100 Å². The highest BCUT2D eigenvalue weighted by molar-refractivity contribution is 5.93. The molecule has 0 saturated carbocycles. The van der Waals surface area contributed by atoms with Crippen molar-refractivity contribution < 1.29 is 9.47 Å². The summed E-state index contributed by atoms with van der Waals surface area (Å²) in [7, 11) is 7.82. The third kappa shape index (κ3) is 5.13. The van der Waals surface area contributed by atoms with Gasteiger partial charge >= 0.3 is 0 Å². The first-order valence-electron chi connectivity index (χ1n) is 11.4. The smallest absolute Gasteiger partial charge is 0.227 e. The Kier molecular flexibility index (Phi) is 6.97. The summed E-state index contributed by atoms with van der Waals surface area (Å²) in [6.45, 7) is 8.16. The molecule has 0 bridgehead atoms. The molecule has 1 aromatic carbocycles. The van der Waals surface area contributed by atoms with Crippen molar-refractivity contribution in [3.05, 3.63) is 12.1 Å². The van der Waals surface area contributed by atoms with Crippen LogP contribution >= 0.6 is 0 Å². The molecular weight excluding hydrogens is 392 g/mol. The van der Waals surface area contributed by atoms with Crippen LogP contribution in [0.5, 0.6) is 11.5 Å². The number of methoxy groups -OCH3 is 1. The normalized spacial score (nSPS) is 18.0. The average Bonchev–Trinajstić information content (AvgIpc) is 3.29. The second-order valence-corrected chi connectivity index (χ2v) is 8.80. The molecule has 3 heterocycles. The van der Waals surface area contributed by atoms with Gasteiger partial charge in [-0.05, 0) is 45.5 Å². The van der Waals surface area contributed by atoms with E-state index < -0.39 is 0 Å². The summed E-state index contributed by atoms with van der Waals surface area (Å²) in [4.78, 5) is 18.9. The van der Waals surface area contributed by atoms with Crippen molar-refractivity contribution in [3.8, 4) is 11.5 Å². The molecule has 31 heavy (non-hydrogen) atoms. The van der Waals surface area contributed by atoms with E-state index in [0.717, 1.165) is 67.4 Å². The minimum absolute atomic E-state index is 0.676. The van der Waals surface area contributed by atoms with Gasteiger partial charge in [0.05, 0.1) is 19.2 Å².